The molecule has 0 N–H and O–H groups in total. The topological polar surface area (TPSA) is 61.1 Å². The molecule has 122 valence electrons. The van der Waals surface area contributed by atoms with Gasteiger partial charge in [0.15, 0.2) is 0 Å². The Morgan fingerprint density at radius 1 is 0.880 bits per heavy atom. The number of nitrogens with zero attached hydrogens (tertiary/aromatic N) is 4. The van der Waals surface area contributed by atoms with E-state index in [1.54, 1.807) is 0 Å². The molecule has 3 aromatic carbocycles. The van der Waals surface area contributed by atoms with Gasteiger partial charge in [-0.25, -0.2) is 0 Å². The Hall–Kier alpha value is -3.36. The van der Waals surface area contributed by atoms with Gasteiger partial charge in [-0.1, -0.05) is 89.5 Å². The van der Waals surface area contributed by atoms with Crippen LogP contribution in [-0.2, 0) is 0 Å². The number of hydrogen-bond donors (Lipinski definition) is 0. The van der Waals surface area contributed by atoms with Crippen molar-refractivity contribution >= 4 is 11.9 Å². The van der Waals surface area contributed by atoms with E-state index < -0.39 is 0 Å². The van der Waals surface area contributed by atoms with Crippen LogP contribution < -0.4 is 0 Å². The van der Waals surface area contributed by atoms with Crippen molar-refractivity contribution in [2.24, 2.45) is 10.1 Å². The molecule has 3 rings (SSSR count). The molecule has 0 aliphatic heterocycles. The molecule has 1 atom stereocenters. The lowest BCUT2D eigenvalue weighted by Crippen LogP contribution is -1.99. The Balaban J connectivity index is 2.05. The molecule has 0 radical (unpaired) electrons. The second kappa shape index (κ2) is 7.95. The maximum atomic E-state index is 8.85. The van der Waals surface area contributed by atoms with E-state index >= 15 is 0 Å². The molecule has 0 spiro atoms. The third-order valence-electron chi connectivity index (χ3n) is 3.95. The molecule has 3 aromatic rings. The normalized spacial score (nSPS) is 11.9. The Morgan fingerprint density at radius 3 is 2.28 bits per heavy atom. The predicted molar refractivity (Wildman–Crippen MR) is 102 cm³/mol. The van der Waals surface area contributed by atoms with Crippen molar-refractivity contribution in [3.63, 3.8) is 0 Å². The maximum absolute atomic E-state index is 8.85. The standard InChI is InChI=1S/C21H18N4/c1-16-11-13-17(14-12-16)15-23-21(18-7-3-2-4-8-18)19-9-5-6-10-20(19)24-25-22/h2-15,21H,1H3/t21-/m0/s1. The average Bonchev–Trinajstić information content (AvgIpc) is 2.66. The summed E-state index contributed by atoms with van der Waals surface area (Å²) in [7, 11) is 0. The average molecular weight is 326 g/mol. The number of aliphatic imine (C=N–C) groups is 1. The molecule has 0 aliphatic rings. The zero-order valence-electron chi connectivity index (χ0n) is 13.9. The van der Waals surface area contributed by atoms with Crippen molar-refractivity contribution in [1.82, 2.24) is 0 Å². The van der Waals surface area contributed by atoms with E-state index in [9.17, 15) is 0 Å². The first-order valence-electron chi connectivity index (χ1n) is 8.07. The summed E-state index contributed by atoms with van der Waals surface area (Å²) < 4.78 is 0. The van der Waals surface area contributed by atoms with Gasteiger partial charge in [0.05, 0.1) is 0 Å². The van der Waals surface area contributed by atoms with Gasteiger partial charge in [0.2, 0.25) is 0 Å². The van der Waals surface area contributed by atoms with E-state index in [0.29, 0.717) is 5.69 Å². The van der Waals surface area contributed by atoms with E-state index in [4.69, 9.17) is 10.5 Å². The zero-order chi connectivity index (χ0) is 17.5. The molecule has 0 unspecified atom stereocenters. The largest absolute Gasteiger partial charge is 0.280 e. The molecule has 25 heavy (non-hydrogen) atoms. The van der Waals surface area contributed by atoms with Crippen LogP contribution in [0.25, 0.3) is 10.4 Å². The fourth-order valence-electron chi connectivity index (χ4n) is 2.65. The molecule has 0 saturated carbocycles. The molecule has 0 saturated heterocycles. The second-order valence-electron chi connectivity index (χ2n) is 5.75. The van der Waals surface area contributed by atoms with E-state index in [-0.39, 0.29) is 6.04 Å². The SMILES string of the molecule is Cc1ccc(C=N[C@@H](c2ccccc2)c2ccccc2N=[N+]=[N-])cc1. The highest BCUT2D eigenvalue weighted by atomic mass is 15.1. The molecule has 4 heteroatoms. The minimum Gasteiger partial charge on any atom is -0.280 e. The van der Waals surface area contributed by atoms with Gasteiger partial charge in [-0.3, -0.25) is 4.99 Å². The molecule has 4 nitrogen and oxygen atoms in total. The summed E-state index contributed by atoms with van der Waals surface area (Å²) in [6.45, 7) is 2.06. The third kappa shape index (κ3) is 4.14. The van der Waals surface area contributed by atoms with Crippen molar-refractivity contribution in [2.75, 3.05) is 0 Å². The van der Waals surface area contributed by atoms with Crippen LogP contribution in [0.2, 0.25) is 0 Å². The summed E-state index contributed by atoms with van der Waals surface area (Å²) in [5.74, 6) is 0. The highest BCUT2D eigenvalue weighted by Gasteiger charge is 2.15. The smallest absolute Gasteiger partial charge is 0.100 e. The van der Waals surface area contributed by atoms with Gasteiger partial charge >= 0.3 is 0 Å². The van der Waals surface area contributed by atoms with Gasteiger partial charge in [0.25, 0.3) is 0 Å². The van der Waals surface area contributed by atoms with Gasteiger partial charge in [-0.05, 0) is 29.1 Å². The first kappa shape index (κ1) is 16.5. The van der Waals surface area contributed by atoms with Crippen molar-refractivity contribution in [3.05, 3.63) is 112 Å². The number of azide groups is 1. The lowest BCUT2D eigenvalue weighted by atomic mass is 9.97. The van der Waals surface area contributed by atoms with Crippen molar-refractivity contribution < 1.29 is 0 Å². The summed E-state index contributed by atoms with van der Waals surface area (Å²) in [4.78, 5) is 7.74. The van der Waals surface area contributed by atoms with Gasteiger partial charge in [0.1, 0.15) is 6.04 Å². The van der Waals surface area contributed by atoms with Crippen molar-refractivity contribution in [2.45, 2.75) is 13.0 Å². The highest BCUT2D eigenvalue weighted by Crippen LogP contribution is 2.33. The minimum absolute atomic E-state index is 0.232. The Kier molecular flexibility index (Phi) is 5.25. The Morgan fingerprint density at radius 2 is 1.56 bits per heavy atom. The van der Waals surface area contributed by atoms with Crippen LogP contribution in [0.3, 0.4) is 0 Å². The maximum Gasteiger partial charge on any atom is 0.100 e. The van der Waals surface area contributed by atoms with Crippen LogP contribution in [0.15, 0.2) is 89.0 Å². The Labute approximate surface area is 147 Å². The van der Waals surface area contributed by atoms with Crippen LogP contribution in [0.4, 0.5) is 5.69 Å². The van der Waals surface area contributed by atoms with Gasteiger partial charge in [-0.15, -0.1) is 0 Å². The van der Waals surface area contributed by atoms with Crippen LogP contribution in [0, 0.1) is 6.92 Å². The first-order valence-corrected chi connectivity index (χ1v) is 8.07. The fraction of sp³-hybridized carbons (Fsp3) is 0.0952. The molecule has 0 aromatic heterocycles. The molecular weight excluding hydrogens is 308 g/mol. The molecule has 0 heterocycles. The van der Waals surface area contributed by atoms with Crippen molar-refractivity contribution in [3.8, 4) is 0 Å². The molecule has 0 aliphatic carbocycles. The first-order chi connectivity index (χ1) is 12.3. The summed E-state index contributed by atoms with van der Waals surface area (Å²) in [6.07, 6.45) is 1.87. The van der Waals surface area contributed by atoms with E-state index in [1.807, 2.05) is 72.9 Å². The summed E-state index contributed by atoms with van der Waals surface area (Å²) in [5.41, 5.74) is 13.6. The van der Waals surface area contributed by atoms with E-state index in [0.717, 1.165) is 16.7 Å². The van der Waals surface area contributed by atoms with Crippen LogP contribution in [-0.4, -0.2) is 6.21 Å². The van der Waals surface area contributed by atoms with Gasteiger partial charge in [0, 0.05) is 16.8 Å². The van der Waals surface area contributed by atoms with Crippen LogP contribution >= 0.6 is 0 Å². The number of hydrogen-bond acceptors (Lipinski definition) is 2. The van der Waals surface area contributed by atoms with E-state index in [1.165, 1.54) is 5.56 Å². The highest BCUT2D eigenvalue weighted by molar-refractivity contribution is 5.80. The molecule has 0 fully saturated rings. The fourth-order valence-corrected chi connectivity index (χ4v) is 2.65. The summed E-state index contributed by atoms with van der Waals surface area (Å²) in [6, 6.07) is 25.5. The van der Waals surface area contributed by atoms with Crippen LogP contribution in [0.5, 0.6) is 0 Å². The minimum atomic E-state index is -0.232. The summed E-state index contributed by atoms with van der Waals surface area (Å²) in [5, 5.41) is 3.83. The Bertz CT molecular complexity index is 908. The molecular formula is C21H18N4. The quantitative estimate of drug-likeness (QED) is 0.234. The lowest BCUT2D eigenvalue weighted by Gasteiger charge is -2.15. The molecule has 0 amide bonds. The number of aryl methyl sites for hydroxylation is 1. The zero-order valence-corrected chi connectivity index (χ0v) is 13.9. The second-order valence-corrected chi connectivity index (χ2v) is 5.75. The number of benzene rings is 3. The van der Waals surface area contributed by atoms with Crippen LogP contribution in [0.1, 0.15) is 28.3 Å². The van der Waals surface area contributed by atoms with Gasteiger partial charge < -0.3 is 0 Å². The lowest BCUT2D eigenvalue weighted by molar-refractivity contribution is 0.878. The van der Waals surface area contributed by atoms with Gasteiger partial charge in [-0.2, -0.15) is 0 Å². The molecule has 0 bridgehead atoms. The van der Waals surface area contributed by atoms with Crippen molar-refractivity contribution in [1.29, 1.82) is 0 Å². The third-order valence-corrected chi connectivity index (χ3v) is 3.95. The number of rotatable bonds is 5. The van der Waals surface area contributed by atoms with E-state index in [2.05, 4.69) is 29.1 Å². The monoisotopic (exact) mass is 326 g/mol. The predicted octanol–water partition coefficient (Wildman–Crippen LogP) is 6.15. The summed E-state index contributed by atoms with van der Waals surface area (Å²) >= 11 is 0.